The van der Waals surface area contributed by atoms with Crippen LogP contribution in [0, 0.1) is 0 Å². The molecule has 0 amide bonds. The fourth-order valence-electron chi connectivity index (χ4n) is 0.679. The number of hydrogen-bond acceptors (Lipinski definition) is 2. The Labute approximate surface area is 91.8 Å². The van der Waals surface area contributed by atoms with Crippen LogP contribution in [0.1, 0.15) is 41.5 Å². The van der Waals surface area contributed by atoms with Crippen LogP contribution in [0.25, 0.3) is 0 Å². The molecule has 0 N–H and O–H groups in total. The Morgan fingerprint density at radius 2 is 1.00 bits per heavy atom. The van der Waals surface area contributed by atoms with Crippen LogP contribution in [0.4, 0.5) is 0 Å². The van der Waals surface area contributed by atoms with Gasteiger partial charge in [0.15, 0.2) is 0 Å². The van der Waals surface area contributed by atoms with Crippen molar-refractivity contribution in [3.63, 3.8) is 0 Å². The van der Waals surface area contributed by atoms with E-state index in [-0.39, 0.29) is 11.1 Å². The quantitative estimate of drug-likeness (QED) is 0.579. The second-order valence-electron chi connectivity index (χ2n) is 4.94. The van der Waals surface area contributed by atoms with Crippen LogP contribution in [0.15, 0.2) is 6.99 Å². The molecule has 0 saturated carbocycles. The summed E-state index contributed by atoms with van der Waals surface area (Å²) in [6.07, 6.45) is 0. The summed E-state index contributed by atoms with van der Waals surface area (Å²) in [6, 6.07) is 0. The van der Waals surface area contributed by atoms with E-state index in [1.807, 2.05) is 41.5 Å². The molecule has 0 radical (unpaired) electrons. The van der Waals surface area contributed by atoms with Gasteiger partial charge in [0.1, 0.15) is 0 Å². The van der Waals surface area contributed by atoms with Crippen molar-refractivity contribution in [3.8, 4) is 0 Å². The van der Waals surface area contributed by atoms with Gasteiger partial charge in [0.05, 0.1) is 0 Å². The monoisotopic (exact) mass is 396 g/mol. The summed E-state index contributed by atoms with van der Waals surface area (Å²) >= 11 is -3.50. The molecule has 0 spiro atoms. The first-order valence-corrected chi connectivity index (χ1v) is 14.0. The molecular formula is C8H18Cl2N2W. The van der Waals surface area contributed by atoms with Gasteiger partial charge in [-0.15, -0.1) is 0 Å². The van der Waals surface area contributed by atoms with Gasteiger partial charge in [-0.3, -0.25) is 0 Å². The normalized spacial score (nSPS) is 14.2. The van der Waals surface area contributed by atoms with Gasteiger partial charge in [0.2, 0.25) is 0 Å². The Morgan fingerprint density at radius 1 is 0.769 bits per heavy atom. The zero-order chi connectivity index (χ0) is 10.9. The maximum absolute atomic E-state index is 6.15. The molecule has 80 valence electrons. The Morgan fingerprint density at radius 3 is 1.15 bits per heavy atom. The van der Waals surface area contributed by atoms with E-state index in [0.29, 0.717) is 0 Å². The molecule has 13 heavy (non-hydrogen) atoms. The number of nitrogens with zero attached hydrogens (tertiary/aromatic N) is 2. The average Bonchev–Trinajstić information content (AvgIpc) is 1.43. The molecule has 0 bridgehead atoms. The van der Waals surface area contributed by atoms with Crippen molar-refractivity contribution in [1.29, 1.82) is 0 Å². The van der Waals surface area contributed by atoms with Crippen LogP contribution in [-0.2, 0) is 13.6 Å². The molecule has 0 aromatic carbocycles. The Balaban J connectivity index is 5.21. The van der Waals surface area contributed by atoms with E-state index >= 15 is 0 Å². The van der Waals surface area contributed by atoms with E-state index in [4.69, 9.17) is 18.8 Å². The van der Waals surface area contributed by atoms with Crippen molar-refractivity contribution in [2.75, 3.05) is 0 Å². The average molecular weight is 397 g/mol. The summed E-state index contributed by atoms with van der Waals surface area (Å²) in [5.74, 6) is 0. The molecule has 0 atom stereocenters. The van der Waals surface area contributed by atoms with Crippen LogP contribution < -0.4 is 0 Å². The summed E-state index contributed by atoms with van der Waals surface area (Å²) in [5.41, 5.74) is -0.374. The van der Waals surface area contributed by atoms with E-state index in [0.717, 1.165) is 0 Å². The molecule has 0 heterocycles. The standard InChI is InChI=1S/2C4H9N.2ClH.W/c2*1-4(2,3)5;;;/h2*1-3H3;2*1H;/q;;;;+2/p-2. The predicted octanol–water partition coefficient (Wildman–Crippen LogP) is 4.41. The van der Waals surface area contributed by atoms with E-state index in [1.54, 1.807) is 0 Å². The minimum absolute atomic E-state index is 0.187. The van der Waals surface area contributed by atoms with Crippen molar-refractivity contribution >= 4 is 18.8 Å². The van der Waals surface area contributed by atoms with Crippen molar-refractivity contribution in [1.82, 2.24) is 0 Å². The third-order valence-corrected chi connectivity index (χ3v) is 8.54. The second kappa shape index (κ2) is 4.16. The zero-order valence-electron chi connectivity index (χ0n) is 9.06. The van der Waals surface area contributed by atoms with Crippen LogP contribution in [-0.4, -0.2) is 11.1 Å². The van der Waals surface area contributed by atoms with Crippen molar-refractivity contribution in [3.05, 3.63) is 0 Å². The number of rotatable bonds is 0. The van der Waals surface area contributed by atoms with Gasteiger partial charge in [0.25, 0.3) is 0 Å². The van der Waals surface area contributed by atoms with E-state index < -0.39 is 13.6 Å². The molecule has 0 aliphatic rings. The molecule has 0 fully saturated rings. The van der Waals surface area contributed by atoms with Crippen molar-refractivity contribution < 1.29 is 13.6 Å². The molecule has 0 aromatic heterocycles. The van der Waals surface area contributed by atoms with Gasteiger partial charge in [-0.2, -0.15) is 0 Å². The molecule has 2 nitrogen and oxygen atoms in total. The van der Waals surface area contributed by atoms with Crippen LogP contribution in [0.3, 0.4) is 0 Å². The first-order chi connectivity index (χ1) is 5.41. The summed E-state index contributed by atoms with van der Waals surface area (Å²) in [4.78, 5) is 0. The Kier molecular flexibility index (Phi) is 4.44. The Hall–Kier alpha value is 0.868. The van der Waals surface area contributed by atoms with Crippen LogP contribution in [0.5, 0.6) is 0 Å². The molecule has 0 saturated heterocycles. The van der Waals surface area contributed by atoms with Crippen LogP contribution >= 0.6 is 18.8 Å². The molecular weight excluding hydrogens is 379 g/mol. The third kappa shape index (κ3) is 9.18. The minimum atomic E-state index is -3.50. The predicted molar refractivity (Wildman–Crippen MR) is 56.1 cm³/mol. The molecule has 0 unspecified atom stereocenters. The number of halogens is 2. The Bertz CT molecular complexity index is 254. The van der Waals surface area contributed by atoms with E-state index in [9.17, 15) is 0 Å². The first kappa shape index (κ1) is 13.9. The van der Waals surface area contributed by atoms with E-state index in [1.165, 1.54) is 0 Å². The van der Waals surface area contributed by atoms with Crippen molar-refractivity contribution in [2.24, 2.45) is 6.99 Å². The second-order valence-corrected chi connectivity index (χ2v) is 17.6. The van der Waals surface area contributed by atoms with E-state index in [2.05, 4.69) is 6.99 Å². The summed E-state index contributed by atoms with van der Waals surface area (Å²) in [6.45, 7) is 11.9. The summed E-state index contributed by atoms with van der Waals surface area (Å²) in [7, 11) is 12.3. The summed E-state index contributed by atoms with van der Waals surface area (Å²) in [5, 5.41) is 0. The van der Waals surface area contributed by atoms with Gasteiger partial charge < -0.3 is 0 Å². The van der Waals surface area contributed by atoms with Crippen LogP contribution in [0.2, 0.25) is 0 Å². The van der Waals surface area contributed by atoms with Crippen molar-refractivity contribution in [2.45, 2.75) is 52.6 Å². The third-order valence-electron chi connectivity index (χ3n) is 0.767. The fraction of sp³-hybridized carbons (Fsp3) is 1.00. The molecule has 0 rings (SSSR count). The van der Waals surface area contributed by atoms with Gasteiger partial charge in [-0.05, 0) is 0 Å². The van der Waals surface area contributed by atoms with Gasteiger partial charge in [-0.25, -0.2) is 0 Å². The topological polar surface area (TPSA) is 24.7 Å². The van der Waals surface area contributed by atoms with Gasteiger partial charge in [-0.1, -0.05) is 0 Å². The number of hydrogen-bond donors (Lipinski definition) is 0. The molecule has 5 heteroatoms. The van der Waals surface area contributed by atoms with Gasteiger partial charge in [0, 0.05) is 0 Å². The zero-order valence-corrected chi connectivity index (χ0v) is 13.5. The summed E-state index contributed by atoms with van der Waals surface area (Å²) < 4.78 is 8.80. The molecule has 0 aromatic rings. The molecule has 0 aliphatic carbocycles. The fourth-order valence-corrected chi connectivity index (χ4v) is 12.3. The SMILES string of the molecule is CC(C)(C)[N]=[W]([Cl])([Cl])=[N]C(C)(C)C. The first-order valence-electron chi connectivity index (χ1n) is 4.12. The molecule has 0 aliphatic heterocycles. The maximum atomic E-state index is 6.15. The van der Waals surface area contributed by atoms with Gasteiger partial charge >= 0.3 is 92.1 Å².